The molecule has 0 radical (unpaired) electrons. The van der Waals surface area contributed by atoms with Gasteiger partial charge in [0.1, 0.15) is 7.12 Å². The lowest BCUT2D eigenvalue weighted by Crippen LogP contribution is -1.77. The van der Waals surface area contributed by atoms with Gasteiger partial charge >= 0.3 is 0 Å². The van der Waals surface area contributed by atoms with Crippen LogP contribution in [-0.4, -0.2) is 11.4 Å². The molecule has 46 valence electrons. The number of rotatable bonds is 1. The Kier molecular flexibility index (Phi) is 1.17. The molecule has 0 amide bonds. The maximum atomic E-state index is 10.4. The average Bonchev–Trinajstić information content (AvgIpc) is 1.88. The Morgan fingerprint density at radius 2 is 2.22 bits per heavy atom. The van der Waals surface area contributed by atoms with E-state index in [1.54, 1.807) is 12.1 Å². The molecule has 0 fully saturated rings. The summed E-state index contributed by atoms with van der Waals surface area (Å²) < 4.78 is 6.66. The molecule has 1 aromatic rings. The Morgan fingerprint density at radius 1 is 1.56 bits per heavy atom. The predicted molar refractivity (Wildman–Crippen MR) is 33.5 cm³/mol. The first-order valence-corrected chi connectivity index (χ1v) is 2.51. The minimum atomic E-state index is -0.863. The number of hydrogen-bond donors (Lipinski definition) is 1. The summed E-state index contributed by atoms with van der Waals surface area (Å²) in [4.78, 5) is 10.4. The number of aldehydes is 1. The molecule has 0 heterocycles. The van der Waals surface area contributed by atoms with Gasteiger partial charge in [-0.15, -0.1) is 0 Å². The molecule has 1 rings (SSSR count). The summed E-state index contributed by atoms with van der Waals surface area (Å²) in [6.07, 6.45) is -0.863. The Bertz CT molecular complexity index is 258. The van der Waals surface area contributed by atoms with Crippen LogP contribution in [0.4, 0.5) is 0 Å². The van der Waals surface area contributed by atoms with Crippen LogP contribution in [-0.2, 0) is 0 Å². The highest BCUT2D eigenvalue weighted by atomic mass is 16.3. The number of carbonyl (C=O) groups is 1. The van der Waals surface area contributed by atoms with Gasteiger partial charge in [-0.05, 0) is 12.1 Å². The Balaban J connectivity index is 3.15. The van der Waals surface area contributed by atoms with Gasteiger partial charge in [0, 0.05) is 0 Å². The van der Waals surface area contributed by atoms with Gasteiger partial charge in [-0.3, -0.25) is 4.79 Å². The third-order valence-electron chi connectivity index (χ3n) is 1.01. The summed E-state index contributed by atoms with van der Waals surface area (Å²) in [7, 11) is 0. The molecule has 2 nitrogen and oxygen atoms in total. The van der Waals surface area contributed by atoms with Crippen molar-refractivity contribution in [2.75, 3.05) is 0 Å². The quantitative estimate of drug-likeness (QED) is 0.570. The molecule has 1 aromatic carbocycles. The van der Waals surface area contributed by atoms with Gasteiger partial charge < -0.3 is 5.11 Å². The number of phenolic OH excluding ortho intramolecular Hbond substituents is 1. The highest BCUT2D eigenvalue weighted by Gasteiger charge is 1.93. The fourth-order valence-corrected chi connectivity index (χ4v) is 0.560. The van der Waals surface area contributed by atoms with Crippen LogP contribution in [0.5, 0.6) is 5.75 Å². The predicted octanol–water partition coefficient (Wildman–Crippen LogP) is 1.20. The number of carbonyl (C=O) groups excluding carboxylic acids is 1. The number of benzene rings is 1. The topological polar surface area (TPSA) is 37.3 Å². The van der Waals surface area contributed by atoms with Gasteiger partial charge in [-0.2, -0.15) is 0 Å². The van der Waals surface area contributed by atoms with E-state index in [1.165, 1.54) is 12.1 Å². The van der Waals surface area contributed by atoms with Crippen molar-refractivity contribution >= 4 is 6.26 Å². The van der Waals surface area contributed by atoms with E-state index in [0.29, 0.717) is 0 Å². The van der Waals surface area contributed by atoms with Crippen LogP contribution in [0.25, 0.3) is 0 Å². The molecule has 2 heteroatoms. The maximum absolute atomic E-state index is 10.4. The zero-order valence-corrected chi connectivity index (χ0v) is 4.66. The lowest BCUT2D eigenvalue weighted by molar-refractivity contribution is 0.112. The van der Waals surface area contributed by atoms with Crippen molar-refractivity contribution < 1.29 is 11.3 Å². The van der Waals surface area contributed by atoms with E-state index in [2.05, 4.69) is 0 Å². The third-order valence-corrected chi connectivity index (χ3v) is 1.01. The normalized spacial score (nSPS) is 10.4. The minimum Gasteiger partial charge on any atom is -0.507 e. The third kappa shape index (κ3) is 1.08. The molecule has 0 aliphatic rings. The van der Waals surface area contributed by atoms with Crippen molar-refractivity contribution in [3.8, 4) is 5.75 Å². The SMILES string of the molecule is [2H]C(=O)c1ccccc1O. The molecule has 0 saturated heterocycles. The summed E-state index contributed by atoms with van der Waals surface area (Å²) in [5.74, 6) is -0.137. The van der Waals surface area contributed by atoms with Crippen molar-refractivity contribution in [1.29, 1.82) is 0 Å². The molecule has 0 atom stereocenters. The number of aromatic hydroxyl groups is 1. The van der Waals surface area contributed by atoms with E-state index >= 15 is 0 Å². The number of hydrogen-bond acceptors (Lipinski definition) is 2. The fraction of sp³-hybridized carbons (Fsp3) is 0. The molecule has 0 aliphatic heterocycles. The first-order chi connectivity index (χ1) is 4.72. The second-order valence-corrected chi connectivity index (χ2v) is 1.62. The van der Waals surface area contributed by atoms with Crippen LogP contribution in [0, 0.1) is 0 Å². The van der Waals surface area contributed by atoms with Crippen LogP contribution in [0.3, 0.4) is 0 Å². The molecular weight excluding hydrogens is 116 g/mol. The zero-order valence-electron chi connectivity index (χ0n) is 5.66. The molecule has 9 heavy (non-hydrogen) atoms. The summed E-state index contributed by atoms with van der Waals surface area (Å²) in [5.41, 5.74) is 0.0440. The second-order valence-electron chi connectivity index (χ2n) is 1.62. The molecule has 0 aliphatic carbocycles. The van der Waals surface area contributed by atoms with E-state index < -0.39 is 6.26 Å². The first-order valence-electron chi connectivity index (χ1n) is 3.01. The number of para-hydroxylation sites is 1. The summed E-state index contributed by atoms with van der Waals surface area (Å²) in [5, 5.41) is 8.94. The molecule has 1 N–H and O–H groups in total. The van der Waals surface area contributed by atoms with Gasteiger partial charge in [0.15, 0.2) is 6.26 Å². The fourth-order valence-electron chi connectivity index (χ4n) is 0.560. The Hall–Kier alpha value is -1.31. The van der Waals surface area contributed by atoms with Gasteiger partial charge in [-0.1, -0.05) is 12.1 Å². The standard InChI is InChI=1S/C7H6O2/c8-5-6-3-1-2-4-7(6)9/h1-5,9H/i5D. The van der Waals surface area contributed by atoms with E-state index in [9.17, 15) is 4.79 Å². The average molecular weight is 123 g/mol. The number of phenols is 1. The Morgan fingerprint density at radius 3 is 2.67 bits per heavy atom. The second kappa shape index (κ2) is 2.31. The van der Waals surface area contributed by atoms with E-state index in [0.717, 1.165) is 0 Å². The van der Waals surface area contributed by atoms with Crippen LogP contribution >= 0.6 is 0 Å². The molecule has 0 unspecified atom stereocenters. The smallest absolute Gasteiger partial charge is 0.153 e. The van der Waals surface area contributed by atoms with Crippen molar-refractivity contribution in [3.63, 3.8) is 0 Å². The van der Waals surface area contributed by atoms with Gasteiger partial charge in [0.05, 0.1) is 5.56 Å². The van der Waals surface area contributed by atoms with Crippen LogP contribution in [0.15, 0.2) is 24.3 Å². The largest absolute Gasteiger partial charge is 0.507 e. The molecular formula is C7H6O2. The minimum absolute atomic E-state index is 0.0440. The Labute approximate surface area is 54.2 Å². The maximum Gasteiger partial charge on any atom is 0.153 e. The monoisotopic (exact) mass is 123 g/mol. The van der Waals surface area contributed by atoms with Gasteiger partial charge in [0.25, 0.3) is 0 Å². The van der Waals surface area contributed by atoms with Crippen molar-refractivity contribution in [2.45, 2.75) is 0 Å². The highest BCUT2D eigenvalue weighted by molar-refractivity contribution is 5.78. The molecule has 0 bridgehead atoms. The van der Waals surface area contributed by atoms with Gasteiger partial charge in [0.2, 0.25) is 0 Å². The van der Waals surface area contributed by atoms with Crippen LogP contribution in [0.2, 0.25) is 0 Å². The molecule has 0 spiro atoms. The lowest BCUT2D eigenvalue weighted by atomic mass is 10.2. The molecule has 0 aromatic heterocycles. The lowest BCUT2D eigenvalue weighted by Gasteiger charge is -1.91. The van der Waals surface area contributed by atoms with Gasteiger partial charge in [-0.25, -0.2) is 0 Å². The first kappa shape index (κ1) is 4.56. The van der Waals surface area contributed by atoms with Crippen LogP contribution in [0.1, 0.15) is 11.7 Å². The van der Waals surface area contributed by atoms with Crippen molar-refractivity contribution in [1.82, 2.24) is 0 Å². The van der Waals surface area contributed by atoms with E-state index in [4.69, 9.17) is 6.48 Å². The molecule has 0 saturated carbocycles. The summed E-state index contributed by atoms with van der Waals surface area (Å²) in [6, 6.07) is 5.98. The summed E-state index contributed by atoms with van der Waals surface area (Å²) >= 11 is 0. The van der Waals surface area contributed by atoms with E-state index in [1.807, 2.05) is 0 Å². The highest BCUT2D eigenvalue weighted by Crippen LogP contribution is 2.11. The summed E-state index contributed by atoms with van der Waals surface area (Å²) in [6.45, 7) is 0. The van der Waals surface area contributed by atoms with E-state index in [-0.39, 0.29) is 11.3 Å². The van der Waals surface area contributed by atoms with Crippen LogP contribution < -0.4 is 0 Å². The van der Waals surface area contributed by atoms with Crippen molar-refractivity contribution in [2.24, 2.45) is 0 Å². The zero-order chi connectivity index (χ0) is 7.56. The van der Waals surface area contributed by atoms with Crippen molar-refractivity contribution in [3.05, 3.63) is 29.8 Å².